The van der Waals surface area contributed by atoms with E-state index in [0.717, 1.165) is 25.1 Å². The molecule has 1 aromatic heterocycles. The molecule has 0 amide bonds. The molecule has 20 heavy (non-hydrogen) atoms. The summed E-state index contributed by atoms with van der Waals surface area (Å²) < 4.78 is 1.64. The number of aliphatic hydroxyl groups is 1. The SMILES string of the molecule is CC(O)CCCNC(C)c1cccc(-n2cnnn2)c1. The summed E-state index contributed by atoms with van der Waals surface area (Å²) >= 11 is 0. The Morgan fingerprint density at radius 2 is 2.20 bits per heavy atom. The molecular formula is C14H21N5O. The average molecular weight is 275 g/mol. The van der Waals surface area contributed by atoms with Crippen LogP contribution in [0.1, 0.15) is 38.3 Å². The monoisotopic (exact) mass is 275 g/mol. The Hall–Kier alpha value is -1.79. The van der Waals surface area contributed by atoms with Crippen molar-refractivity contribution in [1.82, 2.24) is 25.5 Å². The lowest BCUT2D eigenvalue weighted by Crippen LogP contribution is -2.21. The Balaban J connectivity index is 1.93. The fraction of sp³-hybridized carbons (Fsp3) is 0.500. The number of hydrogen-bond donors (Lipinski definition) is 2. The zero-order valence-corrected chi connectivity index (χ0v) is 11.9. The van der Waals surface area contributed by atoms with E-state index in [1.807, 2.05) is 19.1 Å². The summed E-state index contributed by atoms with van der Waals surface area (Å²) in [5.74, 6) is 0. The first-order valence-electron chi connectivity index (χ1n) is 6.91. The van der Waals surface area contributed by atoms with Gasteiger partial charge in [-0.3, -0.25) is 0 Å². The Labute approximate surface area is 118 Å². The quantitative estimate of drug-likeness (QED) is 0.748. The second-order valence-corrected chi connectivity index (χ2v) is 5.02. The molecule has 0 aliphatic heterocycles. The molecule has 0 spiro atoms. The van der Waals surface area contributed by atoms with Crippen molar-refractivity contribution in [2.45, 2.75) is 38.8 Å². The van der Waals surface area contributed by atoms with Crippen LogP contribution >= 0.6 is 0 Å². The maximum Gasteiger partial charge on any atom is 0.143 e. The van der Waals surface area contributed by atoms with Gasteiger partial charge in [-0.05, 0) is 61.4 Å². The molecule has 0 aliphatic rings. The zero-order valence-electron chi connectivity index (χ0n) is 11.9. The molecule has 2 N–H and O–H groups in total. The Morgan fingerprint density at radius 3 is 2.90 bits per heavy atom. The fourth-order valence-corrected chi connectivity index (χ4v) is 2.05. The van der Waals surface area contributed by atoms with Crippen LogP contribution in [0.15, 0.2) is 30.6 Å². The third-order valence-corrected chi connectivity index (χ3v) is 3.23. The smallest absolute Gasteiger partial charge is 0.143 e. The number of rotatable bonds is 7. The van der Waals surface area contributed by atoms with Gasteiger partial charge in [0.1, 0.15) is 6.33 Å². The second-order valence-electron chi connectivity index (χ2n) is 5.02. The normalized spacial score (nSPS) is 14.2. The molecule has 1 aromatic carbocycles. The van der Waals surface area contributed by atoms with Crippen molar-refractivity contribution in [2.75, 3.05) is 6.54 Å². The predicted octanol–water partition coefficient (Wildman–Crippen LogP) is 1.47. The van der Waals surface area contributed by atoms with Crippen LogP contribution in [-0.4, -0.2) is 38.0 Å². The van der Waals surface area contributed by atoms with Crippen LogP contribution in [-0.2, 0) is 0 Å². The first kappa shape index (κ1) is 14.6. The van der Waals surface area contributed by atoms with Gasteiger partial charge in [0.15, 0.2) is 0 Å². The van der Waals surface area contributed by atoms with E-state index in [1.165, 1.54) is 5.56 Å². The number of aromatic nitrogens is 4. The number of tetrazole rings is 1. The van der Waals surface area contributed by atoms with Crippen LogP contribution < -0.4 is 5.32 Å². The van der Waals surface area contributed by atoms with E-state index in [9.17, 15) is 5.11 Å². The van der Waals surface area contributed by atoms with E-state index in [1.54, 1.807) is 11.0 Å². The molecule has 0 saturated carbocycles. The summed E-state index contributed by atoms with van der Waals surface area (Å²) in [4.78, 5) is 0. The van der Waals surface area contributed by atoms with Gasteiger partial charge in [-0.15, -0.1) is 5.10 Å². The van der Waals surface area contributed by atoms with E-state index in [4.69, 9.17) is 0 Å². The summed E-state index contributed by atoms with van der Waals surface area (Å²) in [7, 11) is 0. The van der Waals surface area contributed by atoms with Crippen LogP contribution in [0, 0.1) is 0 Å². The van der Waals surface area contributed by atoms with Crippen LogP contribution in [0.2, 0.25) is 0 Å². The van der Waals surface area contributed by atoms with Gasteiger partial charge in [0.05, 0.1) is 11.8 Å². The van der Waals surface area contributed by atoms with E-state index >= 15 is 0 Å². The molecule has 2 aromatic rings. The van der Waals surface area contributed by atoms with Crippen molar-refractivity contribution in [3.63, 3.8) is 0 Å². The highest BCUT2D eigenvalue weighted by atomic mass is 16.3. The first-order valence-corrected chi connectivity index (χ1v) is 6.91. The average Bonchev–Trinajstić information content (AvgIpc) is 2.97. The maximum atomic E-state index is 9.23. The van der Waals surface area contributed by atoms with E-state index < -0.39 is 0 Å². The van der Waals surface area contributed by atoms with Gasteiger partial charge in [0.25, 0.3) is 0 Å². The molecule has 2 rings (SSSR count). The number of nitrogens with zero attached hydrogens (tertiary/aromatic N) is 4. The van der Waals surface area contributed by atoms with Crippen molar-refractivity contribution in [3.8, 4) is 5.69 Å². The van der Waals surface area contributed by atoms with Gasteiger partial charge >= 0.3 is 0 Å². The lowest BCUT2D eigenvalue weighted by Gasteiger charge is -2.15. The van der Waals surface area contributed by atoms with Crippen molar-refractivity contribution in [3.05, 3.63) is 36.2 Å². The molecule has 0 radical (unpaired) electrons. The minimum absolute atomic E-state index is 0.227. The highest BCUT2D eigenvalue weighted by Gasteiger charge is 2.07. The topological polar surface area (TPSA) is 75.9 Å². The van der Waals surface area contributed by atoms with Crippen molar-refractivity contribution >= 4 is 0 Å². The third kappa shape index (κ3) is 4.11. The molecular weight excluding hydrogens is 254 g/mol. The van der Waals surface area contributed by atoms with Crippen molar-refractivity contribution in [2.24, 2.45) is 0 Å². The van der Waals surface area contributed by atoms with Gasteiger partial charge in [-0.25, -0.2) is 4.68 Å². The van der Waals surface area contributed by atoms with Crippen molar-refractivity contribution in [1.29, 1.82) is 0 Å². The standard InChI is InChI=1S/C14H21N5O/c1-11(20)5-4-8-15-12(2)13-6-3-7-14(9-13)19-10-16-17-18-19/h3,6-7,9-12,15,20H,4-5,8H2,1-2H3. The molecule has 0 saturated heterocycles. The number of hydrogen-bond acceptors (Lipinski definition) is 5. The Bertz CT molecular complexity index is 512. The van der Waals surface area contributed by atoms with Crippen LogP contribution in [0.4, 0.5) is 0 Å². The zero-order chi connectivity index (χ0) is 14.4. The maximum absolute atomic E-state index is 9.23. The van der Waals surface area contributed by atoms with Gasteiger partial charge in [0.2, 0.25) is 0 Å². The molecule has 0 aliphatic carbocycles. The summed E-state index contributed by atoms with van der Waals surface area (Å²) in [5.41, 5.74) is 2.14. The summed E-state index contributed by atoms with van der Waals surface area (Å²) in [6, 6.07) is 8.38. The number of benzene rings is 1. The molecule has 108 valence electrons. The molecule has 2 atom stereocenters. The molecule has 0 bridgehead atoms. The fourth-order valence-electron chi connectivity index (χ4n) is 2.05. The highest BCUT2D eigenvalue weighted by Crippen LogP contribution is 2.16. The molecule has 6 nitrogen and oxygen atoms in total. The summed E-state index contributed by atoms with van der Waals surface area (Å²) in [6.45, 7) is 4.83. The largest absolute Gasteiger partial charge is 0.393 e. The Kier molecular flexibility index (Phi) is 5.20. The first-order chi connectivity index (χ1) is 9.66. The Morgan fingerprint density at radius 1 is 1.35 bits per heavy atom. The minimum atomic E-state index is -0.227. The van der Waals surface area contributed by atoms with Gasteiger partial charge in [-0.1, -0.05) is 12.1 Å². The van der Waals surface area contributed by atoms with Crippen LogP contribution in [0.3, 0.4) is 0 Å². The van der Waals surface area contributed by atoms with Gasteiger partial charge in [-0.2, -0.15) is 0 Å². The molecule has 2 unspecified atom stereocenters. The minimum Gasteiger partial charge on any atom is -0.393 e. The highest BCUT2D eigenvalue weighted by molar-refractivity contribution is 5.35. The second kappa shape index (κ2) is 7.12. The number of aliphatic hydroxyl groups excluding tert-OH is 1. The lowest BCUT2D eigenvalue weighted by atomic mass is 10.1. The molecule has 1 heterocycles. The van der Waals surface area contributed by atoms with E-state index in [0.29, 0.717) is 0 Å². The van der Waals surface area contributed by atoms with Gasteiger partial charge in [0, 0.05) is 6.04 Å². The summed E-state index contributed by atoms with van der Waals surface area (Å²) in [5, 5.41) is 23.9. The number of nitrogens with one attached hydrogen (secondary N) is 1. The van der Waals surface area contributed by atoms with E-state index in [2.05, 4.69) is 39.9 Å². The lowest BCUT2D eigenvalue weighted by molar-refractivity contribution is 0.181. The van der Waals surface area contributed by atoms with Crippen LogP contribution in [0.25, 0.3) is 5.69 Å². The summed E-state index contributed by atoms with van der Waals surface area (Å²) in [6.07, 6.45) is 3.15. The third-order valence-electron chi connectivity index (χ3n) is 3.23. The molecule has 0 fully saturated rings. The van der Waals surface area contributed by atoms with Gasteiger partial charge < -0.3 is 10.4 Å². The van der Waals surface area contributed by atoms with E-state index in [-0.39, 0.29) is 12.1 Å². The van der Waals surface area contributed by atoms with Crippen LogP contribution in [0.5, 0.6) is 0 Å². The predicted molar refractivity (Wildman–Crippen MR) is 76.5 cm³/mol. The van der Waals surface area contributed by atoms with Crippen molar-refractivity contribution < 1.29 is 5.11 Å². The molecule has 6 heteroatoms.